The Balaban J connectivity index is 1.83. The SMILES string of the molecule is C=CCS(=O)(=O)c1ccc2c(c1)/C(=C/c1[nH]c3c(c1CCC(=O)O)C(=O)CCC3)C(=O)N2. The molecule has 0 fully saturated rings. The van der Waals surface area contributed by atoms with Crippen molar-refractivity contribution < 1.29 is 27.9 Å². The maximum atomic E-state index is 12.7. The average Bonchev–Trinajstić information content (AvgIpc) is 3.24. The number of carboxylic acids is 1. The molecule has 0 radical (unpaired) electrons. The van der Waals surface area contributed by atoms with Crippen molar-refractivity contribution in [2.24, 2.45) is 0 Å². The number of ketones is 1. The number of aromatic amines is 1. The van der Waals surface area contributed by atoms with Gasteiger partial charge in [-0.1, -0.05) is 6.08 Å². The molecule has 1 amide bonds. The molecule has 0 atom stereocenters. The summed E-state index contributed by atoms with van der Waals surface area (Å²) < 4.78 is 24.9. The van der Waals surface area contributed by atoms with Gasteiger partial charge in [0.1, 0.15) is 0 Å². The van der Waals surface area contributed by atoms with E-state index in [1.807, 2.05) is 0 Å². The fourth-order valence-electron chi connectivity index (χ4n) is 4.21. The maximum absolute atomic E-state index is 12.7. The largest absolute Gasteiger partial charge is 0.481 e. The summed E-state index contributed by atoms with van der Waals surface area (Å²) in [4.78, 5) is 39.7. The molecule has 1 aromatic carbocycles. The summed E-state index contributed by atoms with van der Waals surface area (Å²) in [5, 5.41) is 11.9. The number of aliphatic carboxylic acids is 1. The summed E-state index contributed by atoms with van der Waals surface area (Å²) in [7, 11) is -3.58. The molecule has 0 spiro atoms. The Hall–Kier alpha value is -3.46. The van der Waals surface area contributed by atoms with Crippen LogP contribution in [0.3, 0.4) is 0 Å². The van der Waals surface area contributed by atoms with E-state index in [1.54, 1.807) is 12.1 Å². The lowest BCUT2D eigenvalue weighted by atomic mass is 9.91. The number of aromatic nitrogens is 1. The molecule has 0 saturated heterocycles. The van der Waals surface area contributed by atoms with Gasteiger partial charge in [-0.05, 0) is 49.1 Å². The minimum atomic E-state index is -3.58. The summed E-state index contributed by atoms with van der Waals surface area (Å²) >= 11 is 0. The van der Waals surface area contributed by atoms with Gasteiger partial charge >= 0.3 is 5.97 Å². The van der Waals surface area contributed by atoms with Crippen molar-refractivity contribution in [3.05, 3.63) is 58.9 Å². The van der Waals surface area contributed by atoms with Crippen LogP contribution in [-0.2, 0) is 32.3 Å². The zero-order valence-corrected chi connectivity index (χ0v) is 18.0. The number of hydrogen-bond acceptors (Lipinski definition) is 5. The smallest absolute Gasteiger partial charge is 0.303 e. The summed E-state index contributed by atoms with van der Waals surface area (Å²) in [6.45, 7) is 3.47. The lowest BCUT2D eigenvalue weighted by molar-refractivity contribution is -0.137. The number of benzene rings is 1. The van der Waals surface area contributed by atoms with E-state index < -0.39 is 21.7 Å². The number of sulfone groups is 1. The van der Waals surface area contributed by atoms with E-state index in [9.17, 15) is 22.8 Å². The molecule has 9 heteroatoms. The second-order valence-electron chi connectivity index (χ2n) is 7.83. The van der Waals surface area contributed by atoms with Crippen LogP contribution in [0.25, 0.3) is 11.6 Å². The number of amides is 1. The first-order valence-electron chi connectivity index (χ1n) is 10.2. The second-order valence-corrected chi connectivity index (χ2v) is 9.87. The summed E-state index contributed by atoms with van der Waals surface area (Å²) in [5.41, 5.74) is 3.51. The Labute approximate surface area is 185 Å². The molecule has 32 heavy (non-hydrogen) atoms. The van der Waals surface area contributed by atoms with Crippen LogP contribution in [0.1, 0.15) is 52.1 Å². The minimum Gasteiger partial charge on any atom is -0.481 e. The number of carbonyl (C=O) groups excluding carboxylic acids is 2. The van der Waals surface area contributed by atoms with Crippen molar-refractivity contribution in [1.82, 2.24) is 4.98 Å². The van der Waals surface area contributed by atoms with Crippen LogP contribution in [0.5, 0.6) is 0 Å². The molecule has 0 unspecified atom stereocenters. The van der Waals surface area contributed by atoms with Crippen LogP contribution in [0.15, 0.2) is 35.7 Å². The Morgan fingerprint density at radius 1 is 1.22 bits per heavy atom. The number of rotatable bonds is 7. The van der Waals surface area contributed by atoms with Crippen molar-refractivity contribution in [2.75, 3.05) is 11.1 Å². The van der Waals surface area contributed by atoms with E-state index in [2.05, 4.69) is 16.9 Å². The van der Waals surface area contributed by atoms with E-state index in [1.165, 1.54) is 18.2 Å². The Morgan fingerprint density at radius 2 is 2.00 bits per heavy atom. The van der Waals surface area contributed by atoms with Gasteiger partial charge in [0.15, 0.2) is 15.6 Å². The van der Waals surface area contributed by atoms with Crippen LogP contribution in [-0.4, -0.2) is 41.9 Å². The third-order valence-corrected chi connectivity index (χ3v) is 7.32. The van der Waals surface area contributed by atoms with Crippen LogP contribution < -0.4 is 5.32 Å². The molecule has 2 heterocycles. The van der Waals surface area contributed by atoms with Gasteiger partial charge in [-0.25, -0.2) is 8.42 Å². The third kappa shape index (κ3) is 3.91. The number of fused-ring (bicyclic) bond motifs is 2. The lowest BCUT2D eigenvalue weighted by Crippen LogP contribution is -2.11. The number of carbonyl (C=O) groups is 3. The Kier molecular flexibility index (Phi) is 5.60. The highest BCUT2D eigenvalue weighted by atomic mass is 32.2. The van der Waals surface area contributed by atoms with Crippen LogP contribution in [0, 0.1) is 0 Å². The zero-order chi connectivity index (χ0) is 23.0. The number of H-pyrrole nitrogens is 1. The molecule has 3 N–H and O–H groups in total. The average molecular weight is 455 g/mol. The molecule has 4 rings (SSSR count). The first-order chi connectivity index (χ1) is 15.2. The van der Waals surface area contributed by atoms with Gasteiger partial charge in [0.05, 0.1) is 16.2 Å². The summed E-state index contributed by atoms with van der Waals surface area (Å²) in [6.07, 6.45) is 4.64. The zero-order valence-electron chi connectivity index (χ0n) is 17.2. The topological polar surface area (TPSA) is 133 Å². The molecule has 0 bridgehead atoms. The van der Waals surface area contributed by atoms with E-state index in [0.29, 0.717) is 47.3 Å². The third-order valence-electron chi connectivity index (χ3n) is 5.67. The standard InChI is InChI=1S/C23H22N2O6S/c1-2-10-32(30,31)13-6-8-17-15(11-13)16(23(29)25-17)12-19-14(7-9-21(27)28)22-18(24-19)4-3-5-20(22)26/h2,6,8,11-12,24H,1,3-5,7,9-10H2,(H,25,29)(H,27,28)/b16-12-. The van der Waals surface area contributed by atoms with E-state index in [0.717, 1.165) is 5.69 Å². The highest BCUT2D eigenvalue weighted by Crippen LogP contribution is 2.37. The normalized spacial score (nSPS) is 16.6. The number of hydrogen-bond donors (Lipinski definition) is 3. The van der Waals surface area contributed by atoms with Gasteiger partial charge < -0.3 is 15.4 Å². The van der Waals surface area contributed by atoms with Crippen LogP contribution in [0.4, 0.5) is 5.69 Å². The molecule has 0 saturated carbocycles. The molecule has 1 aliphatic carbocycles. The molecule has 1 aromatic heterocycles. The second kappa shape index (κ2) is 8.23. The quantitative estimate of drug-likeness (QED) is 0.435. The molecule has 166 valence electrons. The van der Waals surface area contributed by atoms with Gasteiger partial charge in [-0.15, -0.1) is 6.58 Å². The predicted molar refractivity (Wildman–Crippen MR) is 119 cm³/mol. The number of nitrogens with one attached hydrogen (secondary N) is 2. The van der Waals surface area contributed by atoms with Crippen molar-refractivity contribution in [1.29, 1.82) is 0 Å². The van der Waals surface area contributed by atoms with Crippen molar-refractivity contribution in [3.63, 3.8) is 0 Å². The van der Waals surface area contributed by atoms with E-state index in [4.69, 9.17) is 5.11 Å². The van der Waals surface area contributed by atoms with Gasteiger partial charge in [-0.2, -0.15) is 0 Å². The van der Waals surface area contributed by atoms with Crippen molar-refractivity contribution in [3.8, 4) is 0 Å². The molecule has 1 aliphatic heterocycles. The minimum absolute atomic E-state index is 0.0402. The number of aryl methyl sites for hydroxylation is 1. The number of anilines is 1. The highest BCUT2D eigenvalue weighted by molar-refractivity contribution is 7.91. The van der Waals surface area contributed by atoms with Crippen LogP contribution >= 0.6 is 0 Å². The van der Waals surface area contributed by atoms with E-state index >= 15 is 0 Å². The molecular formula is C23H22N2O6S. The van der Waals surface area contributed by atoms with Gasteiger partial charge in [-0.3, -0.25) is 14.4 Å². The number of Topliss-reactive ketones (excluding diaryl/α,β-unsaturated/α-hetero) is 1. The summed E-state index contributed by atoms with van der Waals surface area (Å²) in [6, 6.07) is 4.42. The van der Waals surface area contributed by atoms with Gasteiger partial charge in [0.25, 0.3) is 5.91 Å². The van der Waals surface area contributed by atoms with Gasteiger partial charge in [0.2, 0.25) is 0 Å². The molecular weight excluding hydrogens is 432 g/mol. The maximum Gasteiger partial charge on any atom is 0.303 e. The molecule has 8 nitrogen and oxygen atoms in total. The van der Waals surface area contributed by atoms with Crippen LogP contribution in [0.2, 0.25) is 0 Å². The highest BCUT2D eigenvalue weighted by Gasteiger charge is 2.29. The van der Waals surface area contributed by atoms with Gasteiger partial charge in [0, 0.05) is 41.0 Å². The Bertz CT molecular complexity index is 1300. The van der Waals surface area contributed by atoms with Crippen molar-refractivity contribution in [2.45, 2.75) is 37.0 Å². The molecule has 2 aliphatic rings. The number of carboxylic acid groups (broad SMARTS) is 1. The molecule has 2 aromatic rings. The van der Waals surface area contributed by atoms with E-state index in [-0.39, 0.29) is 34.8 Å². The fourth-order valence-corrected chi connectivity index (χ4v) is 5.28. The lowest BCUT2D eigenvalue weighted by Gasteiger charge is -2.11. The Morgan fingerprint density at radius 3 is 2.72 bits per heavy atom. The monoisotopic (exact) mass is 454 g/mol. The predicted octanol–water partition coefficient (Wildman–Crippen LogP) is 3.00. The first kappa shape index (κ1) is 21.8. The summed E-state index contributed by atoms with van der Waals surface area (Å²) in [5.74, 6) is -1.65. The fraction of sp³-hybridized carbons (Fsp3) is 0.261. The first-order valence-corrected chi connectivity index (χ1v) is 11.9. The van der Waals surface area contributed by atoms with Crippen molar-refractivity contribution >= 4 is 44.8 Å².